The summed E-state index contributed by atoms with van der Waals surface area (Å²) < 4.78 is 20.3. The Morgan fingerprint density at radius 1 is 1.13 bits per heavy atom. The van der Waals surface area contributed by atoms with Crippen molar-refractivity contribution >= 4 is 23.3 Å². The highest BCUT2D eigenvalue weighted by Gasteiger charge is 2.14. The topological polar surface area (TPSA) is 122 Å². The first-order valence-corrected chi connectivity index (χ1v) is 9.52. The molecule has 0 unspecified atom stereocenters. The molecule has 0 fully saturated rings. The third-order valence-electron chi connectivity index (χ3n) is 3.71. The molecule has 0 aliphatic carbocycles. The molecule has 0 aliphatic heterocycles. The number of halogens is 1. The Kier molecular flexibility index (Phi) is 8.32. The van der Waals surface area contributed by atoms with E-state index in [4.69, 9.17) is 15.7 Å². The van der Waals surface area contributed by atoms with Crippen LogP contribution in [0.5, 0.6) is 11.5 Å². The van der Waals surface area contributed by atoms with E-state index in [1.807, 2.05) is 20.8 Å². The molecule has 4 N–H and O–H groups in total. The first kappa shape index (κ1) is 22.4. The van der Waals surface area contributed by atoms with E-state index >= 15 is 0 Å². The summed E-state index contributed by atoms with van der Waals surface area (Å²) in [6, 6.07) is 9.72. The number of nitrogens with zero attached hydrogens (tertiary/aromatic N) is 4. The number of anilines is 4. The molecule has 0 amide bonds. The Morgan fingerprint density at radius 2 is 1.90 bits per heavy atom. The predicted molar refractivity (Wildman–Crippen MR) is 115 cm³/mol. The molecule has 0 radical (unpaired) electrons. The maximum absolute atomic E-state index is 14.6. The smallest absolute Gasteiger partial charge is 0.221 e. The Morgan fingerprint density at radius 3 is 2.57 bits per heavy atom. The highest BCUT2D eigenvalue weighted by molar-refractivity contribution is 5.59. The number of ether oxygens (including phenoxy) is 1. The highest BCUT2D eigenvalue weighted by atomic mass is 19.1. The van der Waals surface area contributed by atoms with E-state index in [0.717, 1.165) is 0 Å². The standard InChI is InChI=1S/C19H18FN7O.C2H6/c1-2-23-18-13(5-8-21)15(6-9-24-18)28-16-4-3-12(11-14(16)20)26-17-7-10-25-19(22)27-17;1-2/h3-4,6-7,9-11H,2,5H2,1H3,(H,23,24)(H3,22,25,26,27);1-2H3. The normalized spacial score (nSPS) is 9.70. The van der Waals surface area contributed by atoms with Crippen molar-refractivity contribution in [3.05, 3.63) is 54.1 Å². The lowest BCUT2D eigenvalue weighted by molar-refractivity contribution is 0.438. The van der Waals surface area contributed by atoms with Gasteiger partial charge in [-0.3, -0.25) is 0 Å². The number of hydrogen-bond acceptors (Lipinski definition) is 8. The third kappa shape index (κ3) is 5.78. The van der Waals surface area contributed by atoms with E-state index in [1.165, 1.54) is 18.3 Å². The maximum Gasteiger partial charge on any atom is 0.221 e. The van der Waals surface area contributed by atoms with E-state index in [2.05, 4.69) is 31.7 Å². The summed E-state index contributed by atoms with van der Waals surface area (Å²) >= 11 is 0. The molecule has 0 atom stereocenters. The molecule has 156 valence electrons. The molecular formula is C21H24FN7O. The summed E-state index contributed by atoms with van der Waals surface area (Å²) in [4.78, 5) is 12.0. The second-order valence-electron chi connectivity index (χ2n) is 5.67. The van der Waals surface area contributed by atoms with Gasteiger partial charge < -0.3 is 21.1 Å². The molecule has 0 aliphatic rings. The Labute approximate surface area is 175 Å². The van der Waals surface area contributed by atoms with Crippen molar-refractivity contribution in [1.82, 2.24) is 15.0 Å². The summed E-state index contributed by atoms with van der Waals surface area (Å²) in [5, 5.41) is 15.1. The highest BCUT2D eigenvalue weighted by Crippen LogP contribution is 2.32. The molecule has 2 aromatic heterocycles. The molecule has 2 heterocycles. The van der Waals surface area contributed by atoms with Crippen LogP contribution in [0.25, 0.3) is 0 Å². The Bertz CT molecular complexity index is 1020. The van der Waals surface area contributed by atoms with Crippen molar-refractivity contribution in [3.63, 3.8) is 0 Å². The number of nitriles is 1. The largest absolute Gasteiger partial charge is 0.454 e. The summed E-state index contributed by atoms with van der Waals surface area (Å²) in [6.07, 6.45) is 3.13. The van der Waals surface area contributed by atoms with Crippen LogP contribution in [0.3, 0.4) is 0 Å². The number of pyridine rings is 1. The average molecular weight is 409 g/mol. The lowest BCUT2D eigenvalue weighted by Crippen LogP contribution is -2.05. The summed E-state index contributed by atoms with van der Waals surface area (Å²) in [5.41, 5.74) is 6.58. The number of benzene rings is 1. The number of aromatic nitrogens is 3. The average Bonchev–Trinajstić information content (AvgIpc) is 2.74. The van der Waals surface area contributed by atoms with Crippen molar-refractivity contribution in [1.29, 1.82) is 5.26 Å². The van der Waals surface area contributed by atoms with Crippen LogP contribution in [-0.2, 0) is 6.42 Å². The van der Waals surface area contributed by atoms with Gasteiger partial charge in [0.25, 0.3) is 0 Å². The number of nitrogens with one attached hydrogen (secondary N) is 2. The molecule has 3 rings (SSSR count). The van der Waals surface area contributed by atoms with Gasteiger partial charge in [0, 0.05) is 30.7 Å². The van der Waals surface area contributed by atoms with Crippen LogP contribution in [0.2, 0.25) is 0 Å². The van der Waals surface area contributed by atoms with Crippen molar-refractivity contribution < 1.29 is 9.13 Å². The molecule has 8 nitrogen and oxygen atoms in total. The van der Waals surface area contributed by atoms with Gasteiger partial charge in [0.05, 0.1) is 18.1 Å². The van der Waals surface area contributed by atoms with E-state index in [1.54, 1.807) is 24.4 Å². The fourth-order valence-electron chi connectivity index (χ4n) is 2.51. The van der Waals surface area contributed by atoms with Crippen molar-refractivity contribution in [2.45, 2.75) is 27.2 Å². The molecule has 3 aromatic rings. The van der Waals surface area contributed by atoms with Crippen molar-refractivity contribution in [2.24, 2.45) is 0 Å². The van der Waals surface area contributed by atoms with Gasteiger partial charge in [-0.25, -0.2) is 14.4 Å². The maximum atomic E-state index is 14.6. The lowest BCUT2D eigenvalue weighted by atomic mass is 10.1. The van der Waals surface area contributed by atoms with E-state index in [-0.39, 0.29) is 18.1 Å². The molecule has 0 saturated heterocycles. The monoisotopic (exact) mass is 409 g/mol. The minimum atomic E-state index is -0.572. The van der Waals surface area contributed by atoms with Gasteiger partial charge in [0.2, 0.25) is 5.95 Å². The van der Waals surface area contributed by atoms with Gasteiger partial charge in [0.1, 0.15) is 17.4 Å². The zero-order valence-electron chi connectivity index (χ0n) is 17.1. The van der Waals surface area contributed by atoms with Crippen LogP contribution in [0, 0.1) is 17.1 Å². The molecule has 30 heavy (non-hydrogen) atoms. The zero-order valence-corrected chi connectivity index (χ0v) is 17.1. The van der Waals surface area contributed by atoms with E-state index in [0.29, 0.717) is 35.2 Å². The quantitative estimate of drug-likeness (QED) is 0.515. The second kappa shape index (κ2) is 11.2. The van der Waals surface area contributed by atoms with Crippen LogP contribution >= 0.6 is 0 Å². The minimum absolute atomic E-state index is 0.0283. The second-order valence-corrected chi connectivity index (χ2v) is 5.67. The van der Waals surface area contributed by atoms with Gasteiger partial charge in [-0.15, -0.1) is 0 Å². The number of rotatable bonds is 7. The zero-order chi connectivity index (χ0) is 21.9. The first-order valence-electron chi connectivity index (χ1n) is 9.52. The van der Waals surface area contributed by atoms with Crippen LogP contribution in [0.15, 0.2) is 42.7 Å². The lowest BCUT2D eigenvalue weighted by Gasteiger charge is -2.14. The van der Waals surface area contributed by atoms with Gasteiger partial charge in [0.15, 0.2) is 11.6 Å². The van der Waals surface area contributed by atoms with Crippen LogP contribution in [0.4, 0.5) is 27.7 Å². The molecular weight excluding hydrogens is 385 g/mol. The summed E-state index contributed by atoms with van der Waals surface area (Å²) in [5.74, 6) is 0.931. The minimum Gasteiger partial charge on any atom is -0.454 e. The van der Waals surface area contributed by atoms with Gasteiger partial charge >= 0.3 is 0 Å². The van der Waals surface area contributed by atoms with Gasteiger partial charge in [-0.2, -0.15) is 10.2 Å². The Balaban J connectivity index is 0.00000155. The predicted octanol–water partition coefficient (Wildman–Crippen LogP) is 4.65. The molecule has 1 aromatic carbocycles. The number of nitrogens with two attached hydrogens (primary N) is 1. The molecule has 0 bridgehead atoms. The van der Waals surface area contributed by atoms with Crippen LogP contribution < -0.4 is 21.1 Å². The number of hydrogen-bond donors (Lipinski definition) is 3. The summed E-state index contributed by atoms with van der Waals surface area (Å²) in [7, 11) is 0. The summed E-state index contributed by atoms with van der Waals surface area (Å²) in [6.45, 7) is 6.55. The van der Waals surface area contributed by atoms with Gasteiger partial charge in [-0.1, -0.05) is 13.8 Å². The fourth-order valence-corrected chi connectivity index (χ4v) is 2.51. The molecule has 0 saturated carbocycles. The fraction of sp³-hybridized carbons (Fsp3) is 0.238. The SMILES string of the molecule is CC.CCNc1nccc(Oc2ccc(Nc3ccnc(N)n3)cc2F)c1CC#N. The number of nitrogen functional groups attached to an aromatic ring is 1. The van der Waals surface area contributed by atoms with E-state index < -0.39 is 5.82 Å². The van der Waals surface area contributed by atoms with Crippen LogP contribution in [-0.4, -0.2) is 21.5 Å². The van der Waals surface area contributed by atoms with Crippen molar-refractivity contribution in [3.8, 4) is 17.6 Å². The van der Waals surface area contributed by atoms with Gasteiger partial charge in [-0.05, 0) is 31.2 Å². The first-order chi connectivity index (χ1) is 14.6. The molecule has 9 heteroatoms. The third-order valence-corrected chi connectivity index (χ3v) is 3.71. The Hall–Kier alpha value is -3.93. The van der Waals surface area contributed by atoms with E-state index in [9.17, 15) is 4.39 Å². The van der Waals surface area contributed by atoms with Crippen LogP contribution in [0.1, 0.15) is 26.3 Å². The van der Waals surface area contributed by atoms with Crippen molar-refractivity contribution in [2.75, 3.05) is 22.9 Å². The molecule has 0 spiro atoms.